The molecule has 6 heteroatoms. The van der Waals surface area contributed by atoms with Crippen LogP contribution < -0.4 is 16.0 Å². The summed E-state index contributed by atoms with van der Waals surface area (Å²) in [5.41, 5.74) is 0.472. The zero-order valence-corrected chi connectivity index (χ0v) is 15.1. The number of alkyl carbamates (subject to hydrolysis) is 1. The van der Waals surface area contributed by atoms with E-state index < -0.39 is 11.7 Å². The molecule has 0 aromatic heterocycles. The Morgan fingerprint density at radius 2 is 2.12 bits per heavy atom. The topological polar surface area (TPSA) is 74.8 Å². The van der Waals surface area contributed by atoms with E-state index in [4.69, 9.17) is 4.74 Å². The molecule has 1 aliphatic carbocycles. The van der Waals surface area contributed by atoms with Gasteiger partial charge in [0.25, 0.3) is 0 Å². The molecule has 2 unspecified atom stereocenters. The molecule has 1 heterocycles. The molecule has 3 N–H and O–H groups in total. The van der Waals surface area contributed by atoms with Crippen molar-refractivity contribution in [2.75, 3.05) is 6.54 Å². The third-order valence-electron chi connectivity index (χ3n) is 3.66. The van der Waals surface area contributed by atoms with Gasteiger partial charge in [0, 0.05) is 12.7 Å². The summed E-state index contributed by atoms with van der Waals surface area (Å²) in [5, 5.41) is 9.50. The first-order chi connectivity index (χ1) is 11.2. The van der Waals surface area contributed by atoms with E-state index in [0.717, 1.165) is 11.5 Å². The highest BCUT2D eigenvalue weighted by molar-refractivity contribution is 6.03. The summed E-state index contributed by atoms with van der Waals surface area (Å²) in [6.45, 7) is 10.3. The summed E-state index contributed by atoms with van der Waals surface area (Å²) in [5.74, 6) is 1.03. The van der Waals surface area contributed by atoms with E-state index in [-0.39, 0.29) is 18.0 Å². The minimum absolute atomic E-state index is 0.0551. The van der Waals surface area contributed by atoms with Gasteiger partial charge in [-0.1, -0.05) is 32.1 Å². The fourth-order valence-electron chi connectivity index (χ4n) is 2.34. The second-order valence-corrected chi connectivity index (χ2v) is 7.33. The van der Waals surface area contributed by atoms with Gasteiger partial charge >= 0.3 is 6.09 Å². The molecule has 0 bridgehead atoms. The van der Waals surface area contributed by atoms with E-state index in [1.165, 1.54) is 0 Å². The lowest BCUT2D eigenvalue weighted by Gasteiger charge is -2.27. The molecule has 2 rings (SSSR count). The van der Waals surface area contributed by atoms with Gasteiger partial charge in [-0.15, -0.1) is 0 Å². The predicted molar refractivity (Wildman–Crippen MR) is 96.7 cm³/mol. The zero-order chi connectivity index (χ0) is 17.7. The van der Waals surface area contributed by atoms with Crippen LogP contribution in [0.4, 0.5) is 4.79 Å². The maximum absolute atomic E-state index is 12.0. The van der Waals surface area contributed by atoms with Crippen LogP contribution in [0.3, 0.4) is 0 Å². The summed E-state index contributed by atoms with van der Waals surface area (Å²) in [6, 6.07) is 0.0850. The number of hydrogen-bond acceptors (Lipinski definition) is 5. The Bertz CT molecular complexity index is 582. The minimum atomic E-state index is -0.503. The molecule has 1 amide bonds. The maximum atomic E-state index is 12.0. The molecule has 0 spiro atoms. The van der Waals surface area contributed by atoms with Crippen LogP contribution in [0.2, 0.25) is 0 Å². The Hall–Kier alpha value is -2.24. The number of hydrogen-bond donors (Lipinski definition) is 3. The smallest absolute Gasteiger partial charge is 0.407 e. The Morgan fingerprint density at radius 3 is 2.79 bits per heavy atom. The van der Waals surface area contributed by atoms with Gasteiger partial charge in [-0.25, -0.2) is 9.79 Å². The van der Waals surface area contributed by atoms with Crippen molar-refractivity contribution in [1.29, 1.82) is 0 Å². The Morgan fingerprint density at radius 1 is 1.38 bits per heavy atom. The second kappa shape index (κ2) is 7.55. The quantitative estimate of drug-likeness (QED) is 0.723. The van der Waals surface area contributed by atoms with Gasteiger partial charge in [-0.2, -0.15) is 0 Å². The molecule has 0 radical (unpaired) electrons. The number of carbonyl (C=O) groups excluding carboxylic acids is 1. The van der Waals surface area contributed by atoms with Crippen LogP contribution in [0.15, 0.2) is 41.3 Å². The fraction of sp³-hybridized carbons (Fsp3) is 0.556. The average molecular weight is 332 g/mol. The number of ether oxygens (including phenoxy) is 1. The normalized spacial score (nSPS) is 20.5. The SMILES string of the molecule is CC(C)C(CNC1=CNC2C=CC=CC2=N1)NC(=O)OC(C)(C)C. The molecule has 0 aromatic carbocycles. The molecule has 0 saturated heterocycles. The summed E-state index contributed by atoms with van der Waals surface area (Å²) in [7, 11) is 0. The van der Waals surface area contributed by atoms with Crippen molar-refractivity contribution in [3.05, 3.63) is 36.3 Å². The van der Waals surface area contributed by atoms with E-state index in [1.54, 1.807) is 0 Å². The largest absolute Gasteiger partial charge is 0.444 e. The highest BCUT2D eigenvalue weighted by Crippen LogP contribution is 2.11. The highest BCUT2D eigenvalue weighted by atomic mass is 16.6. The van der Waals surface area contributed by atoms with Crippen molar-refractivity contribution >= 4 is 11.8 Å². The van der Waals surface area contributed by atoms with Crippen LogP contribution in [0.1, 0.15) is 34.6 Å². The molecule has 0 aromatic rings. The molecule has 0 fully saturated rings. The van der Waals surface area contributed by atoms with Gasteiger partial charge in [-0.3, -0.25) is 0 Å². The van der Waals surface area contributed by atoms with E-state index in [1.807, 2.05) is 45.2 Å². The molecular weight excluding hydrogens is 304 g/mol. The number of aliphatic imine (C=N–C) groups is 1. The third-order valence-corrected chi connectivity index (χ3v) is 3.66. The van der Waals surface area contributed by atoms with Crippen molar-refractivity contribution in [3.8, 4) is 0 Å². The molecule has 0 saturated carbocycles. The van der Waals surface area contributed by atoms with E-state index in [0.29, 0.717) is 6.54 Å². The van der Waals surface area contributed by atoms with Gasteiger partial charge in [-0.05, 0) is 32.8 Å². The fourth-order valence-corrected chi connectivity index (χ4v) is 2.34. The second-order valence-electron chi connectivity index (χ2n) is 7.33. The van der Waals surface area contributed by atoms with Gasteiger partial charge in [0.1, 0.15) is 11.4 Å². The van der Waals surface area contributed by atoms with Crippen molar-refractivity contribution in [3.63, 3.8) is 0 Å². The average Bonchev–Trinajstić information content (AvgIpc) is 2.49. The molecule has 2 atom stereocenters. The van der Waals surface area contributed by atoms with Crippen LogP contribution in [0.25, 0.3) is 0 Å². The van der Waals surface area contributed by atoms with E-state index in [9.17, 15) is 4.79 Å². The molecule has 6 nitrogen and oxygen atoms in total. The van der Waals surface area contributed by atoms with Crippen LogP contribution in [-0.2, 0) is 4.74 Å². The standard InChI is InChI=1S/C18H28N4O2/c1-12(2)15(22-17(23)24-18(3,4)5)10-20-16-11-19-13-8-6-7-9-14(13)21-16/h6-9,11-13,15,19-20H,10H2,1-5H3,(H,22,23). The lowest BCUT2D eigenvalue weighted by Crippen LogP contribution is -2.47. The Balaban J connectivity index is 1.89. The van der Waals surface area contributed by atoms with Crippen molar-refractivity contribution in [1.82, 2.24) is 16.0 Å². The van der Waals surface area contributed by atoms with Crippen LogP contribution in [0.5, 0.6) is 0 Å². The van der Waals surface area contributed by atoms with Crippen molar-refractivity contribution in [2.45, 2.75) is 52.3 Å². The number of allylic oxidation sites excluding steroid dienone is 2. The summed E-state index contributed by atoms with van der Waals surface area (Å²) >= 11 is 0. The van der Waals surface area contributed by atoms with Crippen molar-refractivity contribution < 1.29 is 9.53 Å². The minimum Gasteiger partial charge on any atom is -0.444 e. The maximum Gasteiger partial charge on any atom is 0.407 e. The summed E-state index contributed by atoms with van der Waals surface area (Å²) in [4.78, 5) is 16.6. The number of amides is 1. The Kier molecular flexibility index (Phi) is 5.70. The molecule has 2 aliphatic rings. The molecule has 1 aliphatic heterocycles. The lowest BCUT2D eigenvalue weighted by atomic mass is 10.0. The van der Waals surface area contributed by atoms with Crippen LogP contribution >= 0.6 is 0 Å². The highest BCUT2D eigenvalue weighted by Gasteiger charge is 2.22. The van der Waals surface area contributed by atoms with E-state index >= 15 is 0 Å². The van der Waals surface area contributed by atoms with Gasteiger partial charge in [0.05, 0.1) is 17.8 Å². The Labute approximate surface area is 144 Å². The zero-order valence-electron chi connectivity index (χ0n) is 15.1. The third kappa shape index (κ3) is 5.44. The predicted octanol–water partition coefficient (Wildman–Crippen LogP) is 2.46. The first-order valence-corrected chi connectivity index (χ1v) is 8.37. The van der Waals surface area contributed by atoms with Gasteiger partial charge < -0.3 is 20.7 Å². The van der Waals surface area contributed by atoms with E-state index in [2.05, 4.69) is 40.9 Å². The monoisotopic (exact) mass is 332 g/mol. The van der Waals surface area contributed by atoms with Crippen LogP contribution in [0, 0.1) is 5.92 Å². The number of carbonyl (C=O) groups is 1. The van der Waals surface area contributed by atoms with Gasteiger partial charge in [0.15, 0.2) is 0 Å². The first kappa shape index (κ1) is 18.1. The molecule has 132 valence electrons. The van der Waals surface area contributed by atoms with Crippen molar-refractivity contribution in [2.24, 2.45) is 10.9 Å². The number of nitrogens with one attached hydrogen (secondary N) is 3. The van der Waals surface area contributed by atoms with Gasteiger partial charge in [0.2, 0.25) is 0 Å². The summed E-state index contributed by atoms with van der Waals surface area (Å²) < 4.78 is 5.33. The lowest BCUT2D eigenvalue weighted by molar-refractivity contribution is 0.0491. The van der Waals surface area contributed by atoms with Crippen LogP contribution in [-0.4, -0.2) is 36.0 Å². The molecule has 24 heavy (non-hydrogen) atoms. The number of nitrogens with zero attached hydrogens (tertiary/aromatic N) is 1. The number of fused-ring (bicyclic) bond motifs is 1. The molecular formula is C18H28N4O2. The number of rotatable bonds is 5. The summed E-state index contributed by atoms with van der Waals surface area (Å²) in [6.07, 6.45) is 9.50. The first-order valence-electron chi connectivity index (χ1n) is 8.37.